The van der Waals surface area contributed by atoms with Gasteiger partial charge in [0, 0.05) is 39.3 Å². The van der Waals surface area contributed by atoms with Crippen LogP contribution in [0.2, 0.25) is 5.02 Å². The Kier molecular flexibility index (Phi) is 5.17. The molecule has 0 aromatic heterocycles. The van der Waals surface area contributed by atoms with Crippen LogP contribution in [0.1, 0.15) is 0 Å². The van der Waals surface area contributed by atoms with E-state index in [0.717, 1.165) is 32.7 Å². The van der Waals surface area contributed by atoms with Gasteiger partial charge in [-0.2, -0.15) is 0 Å². The highest BCUT2D eigenvalue weighted by atomic mass is 35.5. The topological polar surface area (TPSA) is 61.6 Å². The first-order chi connectivity index (χ1) is 9.58. The third kappa shape index (κ3) is 3.82. The van der Waals surface area contributed by atoms with Crippen LogP contribution in [0.4, 0.5) is 11.4 Å². The molecule has 7 heteroatoms. The van der Waals surface area contributed by atoms with Crippen LogP contribution in [0, 0.1) is 10.1 Å². The molecule has 1 aliphatic heterocycles. The molecule has 1 N–H and O–H groups in total. The lowest BCUT2D eigenvalue weighted by Gasteiger charge is -2.32. The van der Waals surface area contributed by atoms with E-state index in [1.165, 1.54) is 6.07 Å². The third-order valence-electron chi connectivity index (χ3n) is 3.51. The lowest BCUT2D eigenvalue weighted by atomic mass is 10.2. The van der Waals surface area contributed by atoms with Gasteiger partial charge in [0.1, 0.15) is 10.7 Å². The monoisotopic (exact) mass is 298 g/mol. The first kappa shape index (κ1) is 15.0. The Morgan fingerprint density at radius 3 is 2.70 bits per heavy atom. The maximum Gasteiger partial charge on any atom is 0.310 e. The van der Waals surface area contributed by atoms with E-state index in [2.05, 4.69) is 22.2 Å². The summed E-state index contributed by atoms with van der Waals surface area (Å²) in [5.41, 5.74) is 0.434. The number of rotatable bonds is 5. The molecule has 2 rings (SSSR count). The Hall–Kier alpha value is -1.37. The molecule has 1 aromatic carbocycles. The number of para-hydroxylation sites is 1. The number of hydrogen-bond acceptors (Lipinski definition) is 5. The van der Waals surface area contributed by atoms with Crippen molar-refractivity contribution in [3.8, 4) is 0 Å². The van der Waals surface area contributed by atoms with Gasteiger partial charge in [0.15, 0.2) is 0 Å². The highest BCUT2D eigenvalue weighted by Gasteiger charge is 2.18. The molecule has 110 valence electrons. The molecule has 1 heterocycles. The standard InChI is InChI=1S/C13H19ClN4O2/c1-16-7-9-17(10-8-16)6-5-15-12-4-2-3-11(14)13(12)18(19)20/h2-4,15H,5-10H2,1H3. The number of anilines is 1. The average Bonchev–Trinajstić information content (AvgIpc) is 2.40. The van der Waals surface area contributed by atoms with Crippen molar-refractivity contribution in [2.45, 2.75) is 0 Å². The largest absolute Gasteiger partial charge is 0.378 e. The molecule has 0 amide bonds. The quantitative estimate of drug-likeness (QED) is 0.664. The first-order valence-corrected chi connectivity index (χ1v) is 7.03. The van der Waals surface area contributed by atoms with Gasteiger partial charge >= 0.3 is 5.69 Å². The predicted molar refractivity (Wildman–Crippen MR) is 80.5 cm³/mol. The van der Waals surface area contributed by atoms with Gasteiger partial charge < -0.3 is 10.2 Å². The number of nitrogens with one attached hydrogen (secondary N) is 1. The molecule has 0 atom stereocenters. The minimum atomic E-state index is -0.444. The maximum atomic E-state index is 11.0. The van der Waals surface area contributed by atoms with Gasteiger partial charge in [-0.1, -0.05) is 17.7 Å². The van der Waals surface area contributed by atoms with Crippen LogP contribution >= 0.6 is 11.6 Å². The smallest absolute Gasteiger partial charge is 0.310 e. The van der Waals surface area contributed by atoms with Crippen LogP contribution in [0.5, 0.6) is 0 Å². The molecule has 0 saturated carbocycles. The highest BCUT2D eigenvalue weighted by Crippen LogP contribution is 2.31. The first-order valence-electron chi connectivity index (χ1n) is 6.65. The van der Waals surface area contributed by atoms with Crippen LogP contribution in [0.25, 0.3) is 0 Å². The molecule has 1 saturated heterocycles. The molecule has 20 heavy (non-hydrogen) atoms. The van der Waals surface area contributed by atoms with E-state index in [1.807, 2.05) is 0 Å². The number of likely N-dealkylation sites (N-methyl/N-ethyl adjacent to an activating group) is 1. The zero-order valence-electron chi connectivity index (χ0n) is 11.5. The van der Waals surface area contributed by atoms with Gasteiger partial charge in [0.25, 0.3) is 0 Å². The fourth-order valence-corrected chi connectivity index (χ4v) is 2.51. The molecule has 0 unspecified atom stereocenters. The van der Waals surface area contributed by atoms with E-state index in [9.17, 15) is 10.1 Å². The number of nitro groups is 1. The fraction of sp³-hybridized carbons (Fsp3) is 0.538. The van der Waals surface area contributed by atoms with Crippen molar-refractivity contribution in [2.24, 2.45) is 0 Å². The Labute approximate surface area is 123 Å². The van der Waals surface area contributed by atoms with Gasteiger partial charge in [-0.3, -0.25) is 15.0 Å². The molecule has 1 fully saturated rings. The highest BCUT2D eigenvalue weighted by molar-refractivity contribution is 6.33. The molecule has 0 bridgehead atoms. The van der Waals surface area contributed by atoms with Crippen LogP contribution in [-0.2, 0) is 0 Å². The minimum Gasteiger partial charge on any atom is -0.378 e. The number of nitro benzene ring substituents is 1. The summed E-state index contributed by atoms with van der Waals surface area (Å²) in [7, 11) is 2.12. The van der Waals surface area contributed by atoms with Crippen molar-refractivity contribution in [1.82, 2.24) is 9.80 Å². The summed E-state index contributed by atoms with van der Waals surface area (Å²) >= 11 is 5.87. The Bertz CT molecular complexity index is 475. The summed E-state index contributed by atoms with van der Waals surface area (Å²) < 4.78 is 0. The zero-order valence-corrected chi connectivity index (χ0v) is 12.3. The van der Waals surface area contributed by atoms with Crippen molar-refractivity contribution >= 4 is 23.0 Å². The van der Waals surface area contributed by atoms with E-state index in [4.69, 9.17) is 11.6 Å². The SMILES string of the molecule is CN1CCN(CCNc2cccc(Cl)c2[N+](=O)[O-])CC1. The minimum absolute atomic E-state index is 0.0486. The lowest BCUT2D eigenvalue weighted by molar-refractivity contribution is -0.383. The maximum absolute atomic E-state index is 11.0. The van der Waals surface area contributed by atoms with Crippen molar-refractivity contribution < 1.29 is 4.92 Å². The predicted octanol–water partition coefficient (Wildman–Crippen LogP) is 1.91. The summed E-state index contributed by atoms with van der Waals surface area (Å²) in [5, 5.41) is 14.3. The summed E-state index contributed by atoms with van der Waals surface area (Å²) in [6.45, 7) is 5.75. The summed E-state index contributed by atoms with van der Waals surface area (Å²) in [6, 6.07) is 4.94. The molecule has 6 nitrogen and oxygen atoms in total. The summed E-state index contributed by atoms with van der Waals surface area (Å²) in [6.07, 6.45) is 0. The Morgan fingerprint density at radius 1 is 1.35 bits per heavy atom. The van der Waals surface area contributed by atoms with Crippen LogP contribution in [-0.4, -0.2) is 61.0 Å². The molecule has 0 radical (unpaired) electrons. The second kappa shape index (κ2) is 6.88. The Balaban J connectivity index is 1.88. The normalized spacial score (nSPS) is 17.1. The summed E-state index contributed by atoms with van der Waals surface area (Å²) in [5.74, 6) is 0. The summed E-state index contributed by atoms with van der Waals surface area (Å²) in [4.78, 5) is 15.2. The van der Waals surface area contributed by atoms with Crippen LogP contribution in [0.15, 0.2) is 18.2 Å². The molecule has 0 aliphatic carbocycles. The Morgan fingerprint density at radius 2 is 2.05 bits per heavy atom. The molecule has 0 spiro atoms. The number of hydrogen-bond donors (Lipinski definition) is 1. The van der Waals surface area contributed by atoms with E-state index < -0.39 is 4.92 Å². The molecular formula is C13H19ClN4O2. The van der Waals surface area contributed by atoms with E-state index in [0.29, 0.717) is 12.2 Å². The van der Waals surface area contributed by atoms with Crippen LogP contribution < -0.4 is 5.32 Å². The molecule has 1 aliphatic rings. The molecule has 1 aromatic rings. The second-order valence-electron chi connectivity index (χ2n) is 4.96. The number of nitrogens with zero attached hydrogens (tertiary/aromatic N) is 3. The van der Waals surface area contributed by atoms with Gasteiger partial charge in [-0.15, -0.1) is 0 Å². The van der Waals surface area contributed by atoms with Gasteiger partial charge in [-0.25, -0.2) is 0 Å². The van der Waals surface area contributed by atoms with Crippen molar-refractivity contribution in [3.05, 3.63) is 33.3 Å². The lowest BCUT2D eigenvalue weighted by Crippen LogP contribution is -2.45. The van der Waals surface area contributed by atoms with Gasteiger partial charge in [0.05, 0.1) is 4.92 Å². The van der Waals surface area contributed by atoms with E-state index in [1.54, 1.807) is 12.1 Å². The third-order valence-corrected chi connectivity index (χ3v) is 3.81. The van der Waals surface area contributed by atoms with Crippen molar-refractivity contribution in [2.75, 3.05) is 51.6 Å². The number of benzene rings is 1. The second-order valence-corrected chi connectivity index (χ2v) is 5.37. The van der Waals surface area contributed by atoms with Crippen molar-refractivity contribution in [1.29, 1.82) is 0 Å². The van der Waals surface area contributed by atoms with Gasteiger partial charge in [-0.05, 0) is 19.2 Å². The van der Waals surface area contributed by atoms with E-state index in [-0.39, 0.29) is 10.7 Å². The number of halogens is 1. The van der Waals surface area contributed by atoms with E-state index >= 15 is 0 Å². The fourth-order valence-electron chi connectivity index (χ4n) is 2.26. The molecular weight excluding hydrogens is 280 g/mol. The zero-order chi connectivity index (χ0) is 14.5. The van der Waals surface area contributed by atoms with Crippen LogP contribution in [0.3, 0.4) is 0 Å². The average molecular weight is 299 g/mol. The number of piperazine rings is 1. The van der Waals surface area contributed by atoms with Gasteiger partial charge in [0.2, 0.25) is 0 Å². The van der Waals surface area contributed by atoms with Crippen molar-refractivity contribution in [3.63, 3.8) is 0 Å².